The van der Waals surface area contributed by atoms with E-state index < -0.39 is 9.84 Å². The van der Waals surface area contributed by atoms with Gasteiger partial charge in [0, 0.05) is 25.2 Å². The molecule has 114 valence electrons. The first-order valence-electron chi connectivity index (χ1n) is 7.36. The van der Waals surface area contributed by atoms with Gasteiger partial charge in [0.2, 0.25) is 0 Å². The van der Waals surface area contributed by atoms with Crippen molar-refractivity contribution < 1.29 is 13.2 Å². The van der Waals surface area contributed by atoms with Gasteiger partial charge in [-0.25, -0.2) is 8.42 Å². The van der Waals surface area contributed by atoms with Gasteiger partial charge in [-0.15, -0.1) is 0 Å². The molecule has 5 nitrogen and oxygen atoms in total. The van der Waals surface area contributed by atoms with Crippen LogP contribution in [0.25, 0.3) is 0 Å². The van der Waals surface area contributed by atoms with Gasteiger partial charge in [-0.3, -0.25) is 4.79 Å². The van der Waals surface area contributed by atoms with Crippen molar-refractivity contribution in [2.75, 3.05) is 37.7 Å². The molecule has 2 aliphatic heterocycles. The van der Waals surface area contributed by atoms with Crippen LogP contribution in [0, 0.1) is 0 Å². The predicted molar refractivity (Wildman–Crippen MR) is 81.2 cm³/mol. The first-order valence-corrected chi connectivity index (χ1v) is 9.18. The SMILES string of the molecule is O=C(c1ccccc1[C@H]1CCNC1)N1CCS(=O)(=O)CC1. The summed E-state index contributed by atoms with van der Waals surface area (Å²) in [5.41, 5.74) is 1.81. The van der Waals surface area contributed by atoms with Crippen LogP contribution >= 0.6 is 0 Å². The molecule has 2 aliphatic rings. The molecule has 6 heteroatoms. The van der Waals surface area contributed by atoms with E-state index in [1.807, 2.05) is 24.3 Å². The lowest BCUT2D eigenvalue weighted by Gasteiger charge is -2.28. The van der Waals surface area contributed by atoms with Gasteiger partial charge in [-0.1, -0.05) is 18.2 Å². The summed E-state index contributed by atoms with van der Waals surface area (Å²) >= 11 is 0. The maximum atomic E-state index is 12.7. The molecule has 0 spiro atoms. The Bertz CT molecular complexity index is 622. The lowest BCUT2D eigenvalue weighted by molar-refractivity contribution is 0.0768. The number of hydrogen-bond acceptors (Lipinski definition) is 4. The van der Waals surface area contributed by atoms with Crippen LogP contribution in [-0.2, 0) is 9.84 Å². The quantitative estimate of drug-likeness (QED) is 0.870. The van der Waals surface area contributed by atoms with Crippen LogP contribution < -0.4 is 5.32 Å². The molecule has 2 fully saturated rings. The normalized spacial score (nSPS) is 25.0. The highest BCUT2D eigenvalue weighted by Crippen LogP contribution is 2.26. The molecular formula is C15H20N2O3S. The van der Waals surface area contributed by atoms with Gasteiger partial charge in [-0.05, 0) is 30.5 Å². The summed E-state index contributed by atoms with van der Waals surface area (Å²) in [6.45, 7) is 2.49. The van der Waals surface area contributed by atoms with Crippen molar-refractivity contribution in [1.29, 1.82) is 0 Å². The fraction of sp³-hybridized carbons (Fsp3) is 0.533. The highest BCUT2D eigenvalue weighted by atomic mass is 32.2. The van der Waals surface area contributed by atoms with Crippen molar-refractivity contribution in [2.24, 2.45) is 0 Å². The molecule has 2 saturated heterocycles. The Hall–Kier alpha value is -1.40. The second-order valence-electron chi connectivity index (χ2n) is 5.72. The number of hydrogen-bond donors (Lipinski definition) is 1. The third-order valence-electron chi connectivity index (χ3n) is 4.32. The average Bonchev–Trinajstić information content (AvgIpc) is 3.01. The zero-order valence-corrected chi connectivity index (χ0v) is 12.7. The Morgan fingerprint density at radius 3 is 2.57 bits per heavy atom. The van der Waals surface area contributed by atoms with Gasteiger partial charge in [-0.2, -0.15) is 0 Å². The Balaban J connectivity index is 1.82. The van der Waals surface area contributed by atoms with E-state index in [0.29, 0.717) is 19.0 Å². The number of nitrogens with one attached hydrogen (secondary N) is 1. The first-order chi connectivity index (χ1) is 10.1. The number of nitrogens with zero attached hydrogens (tertiary/aromatic N) is 1. The molecular weight excluding hydrogens is 288 g/mol. The second kappa shape index (κ2) is 5.77. The Morgan fingerprint density at radius 2 is 1.90 bits per heavy atom. The number of carbonyl (C=O) groups excluding carboxylic acids is 1. The Morgan fingerprint density at radius 1 is 1.19 bits per heavy atom. The monoisotopic (exact) mass is 308 g/mol. The molecule has 0 aromatic heterocycles. The fourth-order valence-corrected chi connectivity index (χ4v) is 4.25. The number of sulfone groups is 1. The highest BCUT2D eigenvalue weighted by Gasteiger charge is 2.28. The van der Waals surface area contributed by atoms with Crippen molar-refractivity contribution in [3.05, 3.63) is 35.4 Å². The van der Waals surface area contributed by atoms with Gasteiger partial charge < -0.3 is 10.2 Å². The van der Waals surface area contributed by atoms with Crippen LogP contribution in [0.1, 0.15) is 28.3 Å². The van der Waals surface area contributed by atoms with Gasteiger partial charge >= 0.3 is 0 Å². The largest absolute Gasteiger partial charge is 0.337 e. The van der Waals surface area contributed by atoms with Crippen molar-refractivity contribution in [3.63, 3.8) is 0 Å². The highest BCUT2D eigenvalue weighted by molar-refractivity contribution is 7.91. The summed E-state index contributed by atoms with van der Waals surface area (Å²) < 4.78 is 23.0. The maximum Gasteiger partial charge on any atom is 0.254 e. The third kappa shape index (κ3) is 3.11. The van der Waals surface area contributed by atoms with E-state index in [9.17, 15) is 13.2 Å². The first kappa shape index (κ1) is 14.5. The molecule has 1 N–H and O–H groups in total. The molecule has 0 saturated carbocycles. The lowest BCUT2D eigenvalue weighted by atomic mass is 9.93. The van der Waals surface area contributed by atoms with Crippen molar-refractivity contribution in [1.82, 2.24) is 10.2 Å². The van der Waals surface area contributed by atoms with Crippen LogP contribution in [0.4, 0.5) is 0 Å². The number of rotatable bonds is 2. The van der Waals surface area contributed by atoms with E-state index in [2.05, 4.69) is 5.32 Å². The van der Waals surface area contributed by atoms with Gasteiger partial charge in [0.15, 0.2) is 9.84 Å². The molecule has 1 aromatic rings. The lowest BCUT2D eigenvalue weighted by Crippen LogP contribution is -2.44. The standard InChI is InChI=1S/C15H20N2O3S/c18-15(17-7-9-21(19,20)10-8-17)14-4-2-1-3-13(14)12-5-6-16-11-12/h1-4,12,16H,5-11H2/t12-/m0/s1. The van der Waals surface area contributed by atoms with E-state index in [1.54, 1.807) is 4.90 Å². The molecule has 0 bridgehead atoms. The Labute approximate surface area is 125 Å². The van der Waals surface area contributed by atoms with Crippen molar-refractivity contribution in [2.45, 2.75) is 12.3 Å². The van der Waals surface area contributed by atoms with Crippen LogP contribution in [0.15, 0.2) is 24.3 Å². The van der Waals surface area contributed by atoms with Gasteiger partial charge in [0.25, 0.3) is 5.91 Å². The number of carbonyl (C=O) groups is 1. The summed E-state index contributed by atoms with van der Waals surface area (Å²) in [6.07, 6.45) is 1.04. The number of amides is 1. The van der Waals surface area contributed by atoms with Crippen LogP contribution in [0.2, 0.25) is 0 Å². The molecule has 1 amide bonds. The van der Waals surface area contributed by atoms with Gasteiger partial charge in [0.1, 0.15) is 0 Å². The molecule has 0 radical (unpaired) electrons. The molecule has 2 heterocycles. The average molecular weight is 308 g/mol. The summed E-state index contributed by atoms with van der Waals surface area (Å²) in [5, 5.41) is 3.32. The van der Waals surface area contributed by atoms with E-state index in [0.717, 1.165) is 30.6 Å². The maximum absolute atomic E-state index is 12.7. The van der Waals surface area contributed by atoms with E-state index in [-0.39, 0.29) is 17.4 Å². The smallest absolute Gasteiger partial charge is 0.254 e. The van der Waals surface area contributed by atoms with Crippen LogP contribution in [0.5, 0.6) is 0 Å². The zero-order valence-electron chi connectivity index (χ0n) is 11.9. The molecule has 21 heavy (non-hydrogen) atoms. The molecule has 3 rings (SSSR count). The second-order valence-corrected chi connectivity index (χ2v) is 8.02. The van der Waals surface area contributed by atoms with Crippen LogP contribution in [-0.4, -0.2) is 56.9 Å². The van der Waals surface area contributed by atoms with E-state index >= 15 is 0 Å². The van der Waals surface area contributed by atoms with E-state index in [4.69, 9.17) is 0 Å². The van der Waals surface area contributed by atoms with Gasteiger partial charge in [0.05, 0.1) is 11.5 Å². The minimum atomic E-state index is -2.96. The minimum Gasteiger partial charge on any atom is -0.337 e. The summed E-state index contributed by atoms with van der Waals surface area (Å²) in [4.78, 5) is 14.4. The van der Waals surface area contributed by atoms with Crippen molar-refractivity contribution in [3.8, 4) is 0 Å². The number of benzene rings is 1. The topological polar surface area (TPSA) is 66.5 Å². The minimum absolute atomic E-state index is 0.0348. The van der Waals surface area contributed by atoms with Crippen molar-refractivity contribution >= 4 is 15.7 Å². The summed E-state index contributed by atoms with van der Waals surface area (Å²) in [7, 11) is -2.96. The van der Waals surface area contributed by atoms with Crippen LogP contribution in [0.3, 0.4) is 0 Å². The molecule has 1 atom stereocenters. The Kier molecular flexibility index (Phi) is 3.99. The predicted octanol–water partition coefficient (Wildman–Crippen LogP) is 0.634. The third-order valence-corrected chi connectivity index (χ3v) is 5.93. The summed E-state index contributed by atoms with van der Waals surface area (Å²) in [6, 6.07) is 7.72. The summed E-state index contributed by atoms with van der Waals surface area (Å²) in [5.74, 6) is 0.490. The fourth-order valence-electron chi connectivity index (χ4n) is 3.05. The zero-order chi connectivity index (χ0) is 14.9. The van der Waals surface area contributed by atoms with E-state index in [1.165, 1.54) is 0 Å². The molecule has 1 aromatic carbocycles. The molecule has 0 aliphatic carbocycles. The molecule has 0 unspecified atom stereocenters.